The first-order valence-corrected chi connectivity index (χ1v) is 8.37. The van der Waals surface area contributed by atoms with Gasteiger partial charge >= 0.3 is 0 Å². The van der Waals surface area contributed by atoms with Gasteiger partial charge in [-0.25, -0.2) is 0 Å². The number of hydrogen-bond acceptors (Lipinski definition) is 5. The third-order valence-electron chi connectivity index (χ3n) is 4.78. The summed E-state index contributed by atoms with van der Waals surface area (Å²) < 4.78 is 0. The predicted octanol–water partition coefficient (Wildman–Crippen LogP) is 1.94. The molecule has 0 bridgehead atoms. The van der Waals surface area contributed by atoms with Crippen molar-refractivity contribution < 1.29 is 0 Å². The monoisotopic (exact) mass is 323 g/mol. The molecule has 0 saturated carbocycles. The van der Waals surface area contributed by atoms with Crippen molar-refractivity contribution >= 4 is 11.5 Å². The molecule has 2 unspecified atom stereocenters. The van der Waals surface area contributed by atoms with E-state index in [4.69, 9.17) is 16.5 Å². The second kappa shape index (κ2) is 6.91. The number of nitrogens with one attached hydrogen (secondary N) is 1. The lowest BCUT2D eigenvalue weighted by molar-refractivity contribution is 0.711. The SMILES string of the molecule is CNC1=NCC(C2=NCCC(c3ccccc3)C(N)=C2C)C=C1N. The number of aliphatic imine (C=N–C) groups is 2. The molecule has 24 heavy (non-hydrogen) atoms. The second-order valence-electron chi connectivity index (χ2n) is 6.27. The highest BCUT2D eigenvalue weighted by atomic mass is 15.0. The summed E-state index contributed by atoms with van der Waals surface area (Å²) in [4.78, 5) is 9.35. The normalized spacial score (nSPS) is 24.7. The van der Waals surface area contributed by atoms with E-state index in [2.05, 4.69) is 41.5 Å². The van der Waals surface area contributed by atoms with Gasteiger partial charge in [0.1, 0.15) is 5.84 Å². The van der Waals surface area contributed by atoms with E-state index in [-0.39, 0.29) is 11.8 Å². The van der Waals surface area contributed by atoms with Gasteiger partial charge in [-0.3, -0.25) is 9.98 Å². The van der Waals surface area contributed by atoms with Crippen LogP contribution < -0.4 is 16.8 Å². The maximum absolute atomic E-state index is 6.54. The Kier molecular flexibility index (Phi) is 4.69. The molecule has 0 radical (unpaired) electrons. The Morgan fingerprint density at radius 3 is 2.54 bits per heavy atom. The van der Waals surface area contributed by atoms with E-state index in [1.165, 1.54) is 5.56 Å². The molecule has 2 aliphatic heterocycles. The predicted molar refractivity (Wildman–Crippen MR) is 100 cm³/mol. The van der Waals surface area contributed by atoms with E-state index in [9.17, 15) is 0 Å². The zero-order valence-corrected chi connectivity index (χ0v) is 14.3. The number of hydrogen-bond donors (Lipinski definition) is 3. The maximum Gasteiger partial charge on any atom is 0.143 e. The minimum atomic E-state index is 0.0928. The van der Waals surface area contributed by atoms with Crippen LogP contribution in [0.3, 0.4) is 0 Å². The van der Waals surface area contributed by atoms with Gasteiger partial charge in [0.25, 0.3) is 0 Å². The molecule has 0 amide bonds. The molecule has 5 N–H and O–H groups in total. The van der Waals surface area contributed by atoms with Crippen LogP contribution in [0.4, 0.5) is 0 Å². The van der Waals surface area contributed by atoms with Crippen molar-refractivity contribution in [3.63, 3.8) is 0 Å². The van der Waals surface area contributed by atoms with Crippen LogP contribution in [-0.2, 0) is 0 Å². The van der Waals surface area contributed by atoms with E-state index < -0.39 is 0 Å². The molecule has 1 aromatic rings. The van der Waals surface area contributed by atoms with Gasteiger partial charge in [-0.15, -0.1) is 0 Å². The first-order valence-electron chi connectivity index (χ1n) is 8.37. The fraction of sp³-hybridized carbons (Fsp3) is 0.368. The summed E-state index contributed by atoms with van der Waals surface area (Å²) >= 11 is 0. The topological polar surface area (TPSA) is 88.8 Å². The van der Waals surface area contributed by atoms with Crippen molar-refractivity contribution in [1.29, 1.82) is 0 Å². The van der Waals surface area contributed by atoms with Gasteiger partial charge in [-0.2, -0.15) is 0 Å². The fourth-order valence-electron chi connectivity index (χ4n) is 3.44. The molecule has 2 heterocycles. The largest absolute Gasteiger partial charge is 0.401 e. The van der Waals surface area contributed by atoms with Crippen LogP contribution >= 0.6 is 0 Å². The third kappa shape index (κ3) is 3.07. The third-order valence-corrected chi connectivity index (χ3v) is 4.78. The molecule has 0 saturated heterocycles. The van der Waals surface area contributed by atoms with Crippen molar-refractivity contribution in [1.82, 2.24) is 5.32 Å². The van der Waals surface area contributed by atoms with Crippen LogP contribution in [0, 0.1) is 5.92 Å². The first-order chi connectivity index (χ1) is 11.6. The van der Waals surface area contributed by atoms with Crippen molar-refractivity contribution in [3.8, 4) is 0 Å². The van der Waals surface area contributed by atoms with Crippen LogP contribution in [-0.4, -0.2) is 31.7 Å². The molecule has 5 nitrogen and oxygen atoms in total. The Morgan fingerprint density at radius 1 is 1.12 bits per heavy atom. The number of benzene rings is 1. The fourth-order valence-corrected chi connectivity index (χ4v) is 3.44. The Bertz CT molecular complexity index is 727. The van der Waals surface area contributed by atoms with Gasteiger partial charge in [0.05, 0.1) is 12.2 Å². The lowest BCUT2D eigenvalue weighted by atomic mass is 9.87. The average molecular weight is 323 g/mol. The Balaban J connectivity index is 1.90. The first kappa shape index (κ1) is 16.3. The van der Waals surface area contributed by atoms with Crippen molar-refractivity contribution in [2.75, 3.05) is 20.1 Å². The highest BCUT2D eigenvalue weighted by Gasteiger charge is 2.26. The Morgan fingerprint density at radius 2 is 1.88 bits per heavy atom. The molecule has 2 atom stereocenters. The molecule has 2 aliphatic rings. The summed E-state index contributed by atoms with van der Waals surface area (Å²) in [6, 6.07) is 10.4. The minimum Gasteiger partial charge on any atom is -0.401 e. The summed E-state index contributed by atoms with van der Waals surface area (Å²) in [5, 5.41) is 3.02. The highest BCUT2D eigenvalue weighted by molar-refractivity contribution is 6.06. The number of nitrogens with two attached hydrogens (primary N) is 2. The van der Waals surface area contributed by atoms with E-state index in [0.717, 1.165) is 35.8 Å². The molecule has 3 rings (SSSR count). The molecular formula is C19H25N5. The quantitative estimate of drug-likeness (QED) is 0.777. The van der Waals surface area contributed by atoms with Crippen LogP contribution in [0.15, 0.2) is 63.4 Å². The van der Waals surface area contributed by atoms with E-state index >= 15 is 0 Å². The number of likely N-dealkylation sites (N-methyl/N-ethyl adjacent to an activating group) is 1. The van der Waals surface area contributed by atoms with Crippen molar-refractivity contribution in [2.24, 2.45) is 27.4 Å². The van der Waals surface area contributed by atoms with Gasteiger partial charge in [-0.05, 0) is 30.6 Å². The van der Waals surface area contributed by atoms with E-state index in [1.807, 2.05) is 19.2 Å². The van der Waals surface area contributed by atoms with Crippen LogP contribution in [0.1, 0.15) is 24.8 Å². The molecule has 126 valence electrons. The van der Waals surface area contributed by atoms with Gasteiger partial charge in [-0.1, -0.05) is 30.3 Å². The summed E-state index contributed by atoms with van der Waals surface area (Å²) in [6.07, 6.45) is 2.96. The van der Waals surface area contributed by atoms with Gasteiger partial charge in [0.15, 0.2) is 0 Å². The minimum absolute atomic E-state index is 0.0928. The molecule has 0 fully saturated rings. The van der Waals surface area contributed by atoms with Crippen molar-refractivity contribution in [2.45, 2.75) is 19.3 Å². The zero-order valence-electron chi connectivity index (χ0n) is 14.3. The number of rotatable bonds is 2. The molecule has 0 aromatic heterocycles. The van der Waals surface area contributed by atoms with Crippen LogP contribution in [0.25, 0.3) is 0 Å². The highest BCUT2D eigenvalue weighted by Crippen LogP contribution is 2.31. The van der Waals surface area contributed by atoms with Crippen molar-refractivity contribution in [3.05, 3.63) is 58.9 Å². The molecule has 1 aromatic carbocycles. The summed E-state index contributed by atoms with van der Waals surface area (Å²) in [5.41, 5.74) is 17.6. The van der Waals surface area contributed by atoms with E-state index in [1.54, 1.807) is 0 Å². The van der Waals surface area contributed by atoms with Crippen LogP contribution in [0.5, 0.6) is 0 Å². The number of amidine groups is 1. The van der Waals surface area contributed by atoms with Gasteiger partial charge in [0.2, 0.25) is 0 Å². The lowest BCUT2D eigenvalue weighted by Gasteiger charge is -2.22. The summed E-state index contributed by atoms with van der Waals surface area (Å²) in [7, 11) is 1.83. The molecule has 0 spiro atoms. The standard InChI is InChI=1S/C19H25N5/c1-12-17(21)15(13-6-4-3-5-7-13)8-9-23-18(12)14-10-16(20)19(22-2)24-11-14/h3-7,10,14-15H,8-9,11,20-21H2,1-2H3,(H,22,24). The molecule has 0 aliphatic carbocycles. The maximum atomic E-state index is 6.54. The van der Waals surface area contributed by atoms with Crippen LogP contribution in [0.2, 0.25) is 0 Å². The number of allylic oxidation sites excluding steroid dienone is 2. The van der Waals surface area contributed by atoms with Gasteiger partial charge in [0, 0.05) is 36.8 Å². The second-order valence-corrected chi connectivity index (χ2v) is 6.27. The Hall–Kier alpha value is -2.56. The summed E-state index contributed by atoms with van der Waals surface area (Å²) in [6.45, 7) is 3.48. The lowest BCUT2D eigenvalue weighted by Crippen LogP contribution is -2.33. The molecule has 5 heteroatoms. The molecular weight excluding hydrogens is 298 g/mol. The smallest absolute Gasteiger partial charge is 0.143 e. The zero-order chi connectivity index (χ0) is 17.1. The van der Waals surface area contributed by atoms with E-state index in [0.29, 0.717) is 12.2 Å². The number of nitrogens with zero attached hydrogens (tertiary/aromatic N) is 2. The summed E-state index contributed by atoms with van der Waals surface area (Å²) in [5.74, 6) is 1.06. The number of dihydropyridines is 1. The Labute approximate surface area is 143 Å². The van der Waals surface area contributed by atoms with Gasteiger partial charge < -0.3 is 16.8 Å². The average Bonchev–Trinajstić information content (AvgIpc) is 2.75.